The molecule has 5 heteroatoms. The van der Waals surface area contributed by atoms with Crippen LogP contribution in [0.25, 0.3) is 6.08 Å². The molecule has 0 aromatic heterocycles. The number of carboxylic acids is 1. The Labute approximate surface area is 139 Å². The van der Waals surface area contributed by atoms with Crippen LogP contribution in [-0.4, -0.2) is 46.2 Å². The molecule has 0 spiro atoms. The zero-order valence-corrected chi connectivity index (χ0v) is 14.6. The van der Waals surface area contributed by atoms with Crippen LogP contribution in [0.4, 0.5) is 0 Å². The molecular formula is C17H16O4Te. The molecule has 0 atom stereocenters. The summed E-state index contributed by atoms with van der Waals surface area (Å²) >= 11 is -0.605. The Kier molecular flexibility index (Phi) is 5.88. The van der Waals surface area contributed by atoms with Crippen molar-refractivity contribution in [3.05, 3.63) is 54.1 Å². The van der Waals surface area contributed by atoms with Gasteiger partial charge in [-0.3, -0.25) is 0 Å². The first kappa shape index (κ1) is 16.4. The van der Waals surface area contributed by atoms with Crippen LogP contribution in [0.5, 0.6) is 11.5 Å². The molecule has 1 N–H and O–H groups in total. The number of aliphatic carboxylic acids is 1. The number of rotatable bonds is 6. The molecule has 0 bridgehead atoms. The Morgan fingerprint density at radius 3 is 2.32 bits per heavy atom. The summed E-state index contributed by atoms with van der Waals surface area (Å²) in [6.45, 7) is 0. The molecule has 2 aromatic carbocycles. The number of carbonyl (C=O) groups is 1. The van der Waals surface area contributed by atoms with Crippen molar-refractivity contribution in [1.29, 1.82) is 0 Å². The number of hydrogen-bond acceptors (Lipinski definition) is 3. The fourth-order valence-corrected chi connectivity index (χ4v) is 4.58. The molecular weight excluding hydrogens is 396 g/mol. The van der Waals surface area contributed by atoms with Crippen molar-refractivity contribution in [2.75, 3.05) is 14.2 Å². The summed E-state index contributed by atoms with van der Waals surface area (Å²) in [5.41, 5.74) is 0.889. The van der Waals surface area contributed by atoms with Crippen LogP contribution in [-0.2, 0) is 4.79 Å². The van der Waals surface area contributed by atoms with Gasteiger partial charge in [0.05, 0.1) is 0 Å². The van der Waals surface area contributed by atoms with Gasteiger partial charge in [0.25, 0.3) is 0 Å². The van der Waals surface area contributed by atoms with Gasteiger partial charge in [0.1, 0.15) is 0 Å². The molecule has 114 valence electrons. The summed E-state index contributed by atoms with van der Waals surface area (Å²) < 4.78 is 13.0. The van der Waals surface area contributed by atoms with E-state index in [1.807, 2.05) is 36.4 Å². The van der Waals surface area contributed by atoms with Crippen molar-refractivity contribution in [2.24, 2.45) is 0 Å². The molecule has 0 radical (unpaired) electrons. The minimum atomic E-state index is -0.945. The summed E-state index contributed by atoms with van der Waals surface area (Å²) in [5, 5.41) is 8.69. The zero-order valence-electron chi connectivity index (χ0n) is 12.3. The predicted octanol–water partition coefficient (Wildman–Crippen LogP) is 1.46. The average molecular weight is 412 g/mol. The number of carboxylic acid groups (broad SMARTS) is 1. The molecule has 0 unspecified atom stereocenters. The Morgan fingerprint density at radius 1 is 1.05 bits per heavy atom. The second-order valence-corrected chi connectivity index (χ2v) is 7.67. The fraction of sp³-hybridized carbons (Fsp3) is 0.118. The number of hydrogen-bond donors (Lipinski definition) is 1. The van der Waals surface area contributed by atoms with E-state index in [0.29, 0.717) is 0 Å². The number of methoxy groups -OCH3 is 2. The zero-order chi connectivity index (χ0) is 15.9. The van der Waals surface area contributed by atoms with Crippen LogP contribution in [0, 0.1) is 0 Å². The van der Waals surface area contributed by atoms with Gasteiger partial charge in [-0.1, -0.05) is 0 Å². The summed E-state index contributed by atoms with van der Waals surface area (Å²) in [6.07, 6.45) is 2.75. The monoisotopic (exact) mass is 414 g/mol. The van der Waals surface area contributed by atoms with E-state index in [1.54, 1.807) is 20.3 Å². The standard InChI is InChI=1S/C17H16O4Te/c1-20-13-9-14(21-2)11-16(10-13)22-15-5-3-4-12(8-15)6-7-17(18)19/h3-11H,1-2H3,(H,18,19)/b7-6-. The molecule has 0 saturated heterocycles. The fourth-order valence-electron chi connectivity index (χ4n) is 1.83. The van der Waals surface area contributed by atoms with Gasteiger partial charge in [-0.2, -0.15) is 0 Å². The van der Waals surface area contributed by atoms with Gasteiger partial charge >= 0.3 is 139 Å². The number of benzene rings is 2. The van der Waals surface area contributed by atoms with Gasteiger partial charge in [0, 0.05) is 0 Å². The summed E-state index contributed by atoms with van der Waals surface area (Å²) in [6, 6.07) is 13.8. The first-order valence-electron chi connectivity index (χ1n) is 6.52. The van der Waals surface area contributed by atoms with E-state index in [9.17, 15) is 4.79 Å². The van der Waals surface area contributed by atoms with E-state index in [1.165, 1.54) is 7.22 Å². The van der Waals surface area contributed by atoms with Crippen LogP contribution in [0.15, 0.2) is 48.5 Å². The van der Waals surface area contributed by atoms with E-state index < -0.39 is 26.9 Å². The SMILES string of the molecule is COc1cc(OC)cc([Te]c2cccc(/C=C\C(=O)O)c2)c1. The van der Waals surface area contributed by atoms with E-state index >= 15 is 0 Å². The van der Waals surface area contributed by atoms with Crippen molar-refractivity contribution in [2.45, 2.75) is 0 Å². The summed E-state index contributed by atoms with van der Waals surface area (Å²) in [7, 11) is 3.27. The Morgan fingerprint density at radius 2 is 1.73 bits per heavy atom. The molecule has 2 aromatic rings. The van der Waals surface area contributed by atoms with E-state index in [2.05, 4.69) is 6.07 Å². The quantitative estimate of drug-likeness (QED) is 0.577. The van der Waals surface area contributed by atoms with Crippen LogP contribution >= 0.6 is 0 Å². The van der Waals surface area contributed by atoms with E-state index in [4.69, 9.17) is 14.6 Å². The average Bonchev–Trinajstić information content (AvgIpc) is 2.52. The van der Waals surface area contributed by atoms with Crippen molar-refractivity contribution in [3.8, 4) is 11.5 Å². The van der Waals surface area contributed by atoms with Crippen LogP contribution < -0.4 is 16.7 Å². The predicted molar refractivity (Wildman–Crippen MR) is 87.7 cm³/mol. The summed E-state index contributed by atoms with van der Waals surface area (Å²) in [4.78, 5) is 10.6. The maximum atomic E-state index is 10.6. The molecule has 0 aliphatic rings. The minimum absolute atomic E-state index is 0.605. The third-order valence-electron chi connectivity index (χ3n) is 2.84. The van der Waals surface area contributed by atoms with Gasteiger partial charge < -0.3 is 0 Å². The third-order valence-corrected chi connectivity index (χ3v) is 5.58. The van der Waals surface area contributed by atoms with Crippen LogP contribution in [0.3, 0.4) is 0 Å². The molecule has 22 heavy (non-hydrogen) atoms. The van der Waals surface area contributed by atoms with Crippen molar-refractivity contribution in [1.82, 2.24) is 0 Å². The van der Waals surface area contributed by atoms with Gasteiger partial charge in [0.15, 0.2) is 0 Å². The molecule has 0 fully saturated rings. The first-order valence-corrected chi connectivity index (χ1v) is 8.86. The molecule has 2 rings (SSSR count). The molecule has 4 nitrogen and oxygen atoms in total. The van der Waals surface area contributed by atoms with E-state index in [0.717, 1.165) is 23.1 Å². The van der Waals surface area contributed by atoms with Gasteiger partial charge in [-0.15, -0.1) is 0 Å². The molecule has 0 heterocycles. The second kappa shape index (κ2) is 7.88. The maximum absolute atomic E-state index is 10.6. The van der Waals surface area contributed by atoms with E-state index in [-0.39, 0.29) is 0 Å². The van der Waals surface area contributed by atoms with Gasteiger partial charge in [-0.25, -0.2) is 0 Å². The Hall–Kier alpha value is -1.96. The van der Waals surface area contributed by atoms with Crippen molar-refractivity contribution < 1.29 is 19.4 Å². The van der Waals surface area contributed by atoms with Gasteiger partial charge in [0.2, 0.25) is 0 Å². The topological polar surface area (TPSA) is 55.8 Å². The first-order chi connectivity index (χ1) is 10.6. The molecule has 0 saturated carbocycles. The Balaban J connectivity index is 2.23. The molecule has 0 aliphatic heterocycles. The third kappa shape index (κ3) is 4.80. The normalized spacial score (nSPS) is 10.6. The number of ether oxygens (including phenoxy) is 2. The van der Waals surface area contributed by atoms with Crippen LogP contribution in [0.2, 0.25) is 0 Å². The second-order valence-electron chi connectivity index (χ2n) is 4.39. The Bertz CT molecular complexity index is 673. The molecule has 0 aliphatic carbocycles. The molecule has 0 amide bonds. The van der Waals surface area contributed by atoms with Crippen molar-refractivity contribution >= 4 is 40.2 Å². The van der Waals surface area contributed by atoms with Crippen LogP contribution in [0.1, 0.15) is 5.56 Å². The summed E-state index contributed by atoms with van der Waals surface area (Å²) in [5.74, 6) is 0.613. The van der Waals surface area contributed by atoms with Gasteiger partial charge in [-0.05, 0) is 0 Å². The van der Waals surface area contributed by atoms with Crippen molar-refractivity contribution in [3.63, 3.8) is 0 Å².